The van der Waals surface area contributed by atoms with Gasteiger partial charge in [0.05, 0.1) is 37.3 Å². The highest BCUT2D eigenvalue weighted by Crippen LogP contribution is 2.16. The van der Waals surface area contributed by atoms with Crippen LogP contribution in [0.3, 0.4) is 0 Å². The zero-order valence-electron chi connectivity index (χ0n) is 13.2. The molecular formula is C18H22N2O4. The molecule has 1 heterocycles. The molecule has 1 amide bonds. The van der Waals surface area contributed by atoms with Crippen molar-refractivity contribution in [1.82, 2.24) is 10.6 Å². The van der Waals surface area contributed by atoms with Crippen molar-refractivity contribution >= 4 is 16.7 Å². The lowest BCUT2D eigenvalue weighted by molar-refractivity contribution is -0.120. The fourth-order valence-electron chi connectivity index (χ4n) is 3.11. The van der Waals surface area contributed by atoms with E-state index in [4.69, 9.17) is 5.11 Å². The van der Waals surface area contributed by atoms with Gasteiger partial charge in [0, 0.05) is 6.54 Å². The molecule has 0 saturated carbocycles. The van der Waals surface area contributed by atoms with Crippen molar-refractivity contribution < 1.29 is 20.1 Å². The van der Waals surface area contributed by atoms with Gasteiger partial charge < -0.3 is 26.0 Å². The molecule has 0 aliphatic carbocycles. The number of carbonyl (C=O) groups is 1. The fourth-order valence-corrected chi connectivity index (χ4v) is 3.11. The quantitative estimate of drug-likeness (QED) is 0.511. The van der Waals surface area contributed by atoms with E-state index in [-0.39, 0.29) is 25.5 Å². The molecule has 4 atom stereocenters. The van der Waals surface area contributed by atoms with Crippen molar-refractivity contribution in [3.63, 3.8) is 0 Å². The summed E-state index contributed by atoms with van der Waals surface area (Å²) in [4.78, 5) is 12.1. The van der Waals surface area contributed by atoms with E-state index in [1.165, 1.54) is 0 Å². The molecule has 5 N–H and O–H groups in total. The van der Waals surface area contributed by atoms with Gasteiger partial charge in [-0.05, 0) is 16.3 Å². The topological polar surface area (TPSA) is 102 Å². The van der Waals surface area contributed by atoms with Crippen LogP contribution in [-0.4, -0.2) is 58.7 Å². The summed E-state index contributed by atoms with van der Waals surface area (Å²) in [5.74, 6) is -0.152. The van der Waals surface area contributed by atoms with Gasteiger partial charge in [0.1, 0.15) is 0 Å². The van der Waals surface area contributed by atoms with Crippen molar-refractivity contribution in [2.45, 2.75) is 30.7 Å². The molecule has 2 aromatic carbocycles. The summed E-state index contributed by atoms with van der Waals surface area (Å²) in [5.41, 5.74) is 0.916. The van der Waals surface area contributed by atoms with Crippen LogP contribution >= 0.6 is 0 Å². The van der Waals surface area contributed by atoms with E-state index in [1.54, 1.807) is 0 Å². The largest absolute Gasteiger partial charge is 0.395 e. The lowest BCUT2D eigenvalue weighted by atomic mass is 10.0. The SMILES string of the molecule is O=C(Cc1ccc2ccccc2c1)NC[C@H]1N[C@H](CO)[C@@H](O)[C@@H]1O. The standard InChI is InChI=1S/C18H22N2O4/c21-10-15-18(24)17(23)14(20-15)9-19-16(22)8-11-5-6-12-3-1-2-4-13(12)7-11/h1-7,14-15,17-18,20-21,23-24H,8-10H2,(H,19,22)/t14-,15-,17-,18-/m1/s1. The monoisotopic (exact) mass is 330 g/mol. The van der Waals surface area contributed by atoms with E-state index >= 15 is 0 Å². The highest BCUT2D eigenvalue weighted by Gasteiger charge is 2.40. The number of fused-ring (bicyclic) bond motifs is 1. The van der Waals surface area contributed by atoms with Crippen molar-refractivity contribution in [3.8, 4) is 0 Å². The Hall–Kier alpha value is -1.99. The van der Waals surface area contributed by atoms with Crippen LogP contribution in [0.15, 0.2) is 42.5 Å². The van der Waals surface area contributed by atoms with Crippen LogP contribution in [0.5, 0.6) is 0 Å². The Bertz CT molecular complexity index is 721. The summed E-state index contributed by atoms with van der Waals surface area (Å²) in [6, 6.07) is 12.8. The van der Waals surface area contributed by atoms with Gasteiger partial charge in [-0.3, -0.25) is 4.79 Å². The maximum absolute atomic E-state index is 12.1. The van der Waals surface area contributed by atoms with Gasteiger partial charge >= 0.3 is 0 Å². The summed E-state index contributed by atoms with van der Waals surface area (Å²) in [5, 5.41) is 36.7. The molecule has 1 aliphatic rings. The number of nitrogens with one attached hydrogen (secondary N) is 2. The minimum Gasteiger partial charge on any atom is -0.395 e. The first-order valence-corrected chi connectivity index (χ1v) is 8.06. The number of carbonyl (C=O) groups excluding carboxylic acids is 1. The maximum Gasteiger partial charge on any atom is 0.224 e. The molecule has 2 aromatic rings. The van der Waals surface area contributed by atoms with Gasteiger partial charge in [-0.15, -0.1) is 0 Å². The van der Waals surface area contributed by atoms with E-state index in [0.717, 1.165) is 16.3 Å². The Morgan fingerprint density at radius 1 is 1.04 bits per heavy atom. The molecule has 6 heteroatoms. The summed E-state index contributed by atoms with van der Waals surface area (Å²) in [7, 11) is 0. The Morgan fingerprint density at radius 2 is 1.75 bits per heavy atom. The highest BCUT2D eigenvalue weighted by molar-refractivity contribution is 5.85. The number of benzene rings is 2. The smallest absolute Gasteiger partial charge is 0.224 e. The predicted octanol–water partition coefficient (Wildman–Crippen LogP) is -0.447. The van der Waals surface area contributed by atoms with Crippen LogP contribution in [-0.2, 0) is 11.2 Å². The van der Waals surface area contributed by atoms with E-state index in [9.17, 15) is 15.0 Å². The second kappa shape index (κ2) is 7.27. The van der Waals surface area contributed by atoms with Gasteiger partial charge in [-0.25, -0.2) is 0 Å². The Kier molecular flexibility index (Phi) is 5.11. The summed E-state index contributed by atoms with van der Waals surface area (Å²) < 4.78 is 0. The molecule has 128 valence electrons. The van der Waals surface area contributed by atoms with Crippen LogP contribution in [0.2, 0.25) is 0 Å². The average Bonchev–Trinajstić information content (AvgIpc) is 2.87. The van der Waals surface area contributed by atoms with E-state index in [0.29, 0.717) is 0 Å². The minimum absolute atomic E-state index is 0.152. The number of hydrogen-bond donors (Lipinski definition) is 5. The van der Waals surface area contributed by atoms with Crippen molar-refractivity contribution in [2.24, 2.45) is 0 Å². The lowest BCUT2D eigenvalue weighted by Crippen LogP contribution is -2.44. The number of aliphatic hydroxyl groups excluding tert-OH is 3. The number of rotatable bonds is 5. The Labute approximate surface area is 140 Å². The molecule has 6 nitrogen and oxygen atoms in total. The van der Waals surface area contributed by atoms with Crippen molar-refractivity contribution in [3.05, 3.63) is 48.0 Å². The summed E-state index contributed by atoms with van der Waals surface area (Å²) >= 11 is 0. The molecule has 0 unspecified atom stereocenters. The molecule has 0 radical (unpaired) electrons. The maximum atomic E-state index is 12.1. The third-order valence-corrected chi connectivity index (χ3v) is 4.50. The highest BCUT2D eigenvalue weighted by atomic mass is 16.3. The van der Waals surface area contributed by atoms with Crippen molar-refractivity contribution in [1.29, 1.82) is 0 Å². The fraction of sp³-hybridized carbons (Fsp3) is 0.389. The van der Waals surface area contributed by atoms with Crippen LogP contribution in [0.1, 0.15) is 5.56 Å². The first-order chi connectivity index (χ1) is 11.6. The van der Waals surface area contributed by atoms with Gasteiger partial charge in [0.15, 0.2) is 0 Å². The van der Waals surface area contributed by atoms with Gasteiger partial charge in [-0.2, -0.15) is 0 Å². The van der Waals surface area contributed by atoms with E-state index < -0.39 is 24.3 Å². The van der Waals surface area contributed by atoms with E-state index in [1.807, 2.05) is 42.5 Å². The number of amides is 1. The van der Waals surface area contributed by atoms with Gasteiger partial charge in [0.25, 0.3) is 0 Å². The van der Waals surface area contributed by atoms with Crippen molar-refractivity contribution in [2.75, 3.05) is 13.2 Å². The summed E-state index contributed by atoms with van der Waals surface area (Å²) in [6.45, 7) is -0.0685. The van der Waals surface area contributed by atoms with Crippen LogP contribution < -0.4 is 10.6 Å². The zero-order chi connectivity index (χ0) is 17.1. The Morgan fingerprint density at radius 3 is 2.46 bits per heavy atom. The summed E-state index contributed by atoms with van der Waals surface area (Å²) in [6.07, 6.45) is -1.79. The van der Waals surface area contributed by atoms with E-state index in [2.05, 4.69) is 10.6 Å². The van der Waals surface area contributed by atoms with Crippen LogP contribution in [0.25, 0.3) is 10.8 Å². The normalized spacial score (nSPS) is 26.6. The minimum atomic E-state index is -1.03. The molecule has 1 aliphatic heterocycles. The average molecular weight is 330 g/mol. The molecule has 0 bridgehead atoms. The number of hydrogen-bond acceptors (Lipinski definition) is 5. The molecule has 3 rings (SSSR count). The first kappa shape index (κ1) is 16.9. The zero-order valence-corrected chi connectivity index (χ0v) is 13.2. The third kappa shape index (κ3) is 3.57. The lowest BCUT2D eigenvalue weighted by Gasteiger charge is -2.16. The van der Waals surface area contributed by atoms with Gasteiger partial charge in [0.2, 0.25) is 5.91 Å². The van der Waals surface area contributed by atoms with Gasteiger partial charge in [-0.1, -0.05) is 42.5 Å². The second-order valence-corrected chi connectivity index (χ2v) is 6.21. The number of aliphatic hydroxyl groups is 3. The van der Waals surface area contributed by atoms with Crippen LogP contribution in [0, 0.1) is 0 Å². The molecule has 24 heavy (non-hydrogen) atoms. The molecular weight excluding hydrogens is 308 g/mol. The molecule has 1 fully saturated rings. The molecule has 0 aromatic heterocycles. The van der Waals surface area contributed by atoms with Crippen LogP contribution in [0.4, 0.5) is 0 Å². The Balaban J connectivity index is 1.55. The second-order valence-electron chi connectivity index (χ2n) is 6.21. The first-order valence-electron chi connectivity index (χ1n) is 8.06. The molecule has 1 saturated heterocycles. The third-order valence-electron chi connectivity index (χ3n) is 4.50. The molecule has 0 spiro atoms. The predicted molar refractivity (Wildman–Crippen MR) is 90.5 cm³/mol.